The normalized spacial score (nSPS) is 24.6. The highest BCUT2D eigenvalue weighted by molar-refractivity contribution is 5.40. The SMILES string of the molecule is CC(C)N1CCC[C@@H]1c1ccc(N2CCOCC2)nc1. The number of pyridine rings is 1. The van der Waals surface area contributed by atoms with Gasteiger partial charge in [0, 0.05) is 31.4 Å². The minimum absolute atomic E-state index is 0.557. The second kappa shape index (κ2) is 6.10. The molecule has 0 saturated carbocycles. The molecule has 3 rings (SSSR count). The number of nitrogens with zero attached hydrogens (tertiary/aromatic N) is 3. The Morgan fingerprint density at radius 3 is 2.65 bits per heavy atom. The van der Waals surface area contributed by atoms with Crippen LogP contribution in [0.15, 0.2) is 18.3 Å². The van der Waals surface area contributed by atoms with Crippen LogP contribution in [-0.2, 0) is 4.74 Å². The molecule has 2 fully saturated rings. The lowest BCUT2D eigenvalue weighted by molar-refractivity contribution is 0.122. The van der Waals surface area contributed by atoms with Gasteiger partial charge in [0.25, 0.3) is 0 Å². The molecule has 0 bridgehead atoms. The molecule has 4 heteroatoms. The molecule has 1 aromatic rings. The second-order valence-electron chi connectivity index (χ2n) is 6.04. The molecule has 0 radical (unpaired) electrons. The van der Waals surface area contributed by atoms with E-state index in [1.807, 2.05) is 0 Å². The summed E-state index contributed by atoms with van der Waals surface area (Å²) in [6, 6.07) is 5.61. The summed E-state index contributed by atoms with van der Waals surface area (Å²) in [6.45, 7) is 9.32. The van der Waals surface area contributed by atoms with Gasteiger partial charge in [0.05, 0.1) is 13.2 Å². The van der Waals surface area contributed by atoms with Crippen LogP contribution in [0, 0.1) is 0 Å². The van der Waals surface area contributed by atoms with Crippen LogP contribution in [0.25, 0.3) is 0 Å². The summed E-state index contributed by atoms with van der Waals surface area (Å²) in [4.78, 5) is 9.58. The Hall–Kier alpha value is -1.13. The van der Waals surface area contributed by atoms with Crippen molar-refractivity contribution in [1.29, 1.82) is 0 Å². The largest absolute Gasteiger partial charge is 0.378 e. The standard InChI is InChI=1S/C16H25N3O/c1-13(2)19-7-3-4-15(19)14-5-6-16(17-12-14)18-8-10-20-11-9-18/h5-6,12-13,15H,3-4,7-11H2,1-2H3/t15-/m1/s1. The van der Waals surface area contributed by atoms with E-state index in [0.29, 0.717) is 12.1 Å². The molecule has 2 aliphatic rings. The summed E-state index contributed by atoms with van der Waals surface area (Å²) in [7, 11) is 0. The van der Waals surface area contributed by atoms with Crippen LogP contribution in [0.5, 0.6) is 0 Å². The van der Waals surface area contributed by atoms with E-state index in [9.17, 15) is 0 Å². The highest BCUT2D eigenvalue weighted by Gasteiger charge is 2.28. The number of hydrogen-bond acceptors (Lipinski definition) is 4. The fraction of sp³-hybridized carbons (Fsp3) is 0.688. The number of morpholine rings is 1. The monoisotopic (exact) mass is 275 g/mol. The van der Waals surface area contributed by atoms with Crippen LogP contribution in [0.3, 0.4) is 0 Å². The summed E-state index contributed by atoms with van der Waals surface area (Å²) in [5, 5.41) is 0. The van der Waals surface area contributed by atoms with Crippen molar-refractivity contribution < 1.29 is 4.74 Å². The predicted molar refractivity (Wildman–Crippen MR) is 81.1 cm³/mol. The highest BCUT2D eigenvalue weighted by Crippen LogP contribution is 2.33. The molecule has 0 aromatic carbocycles. The molecule has 0 unspecified atom stereocenters. The van der Waals surface area contributed by atoms with Crippen molar-refractivity contribution in [1.82, 2.24) is 9.88 Å². The molecule has 2 saturated heterocycles. The number of hydrogen-bond donors (Lipinski definition) is 0. The lowest BCUT2D eigenvalue weighted by Gasteiger charge is -2.30. The zero-order valence-corrected chi connectivity index (χ0v) is 12.6. The zero-order valence-electron chi connectivity index (χ0n) is 12.6. The van der Waals surface area contributed by atoms with E-state index in [1.54, 1.807) is 0 Å². The third-order valence-corrected chi connectivity index (χ3v) is 4.45. The second-order valence-corrected chi connectivity index (χ2v) is 6.04. The molecule has 0 amide bonds. The van der Waals surface area contributed by atoms with E-state index >= 15 is 0 Å². The van der Waals surface area contributed by atoms with Gasteiger partial charge in [-0.15, -0.1) is 0 Å². The van der Waals surface area contributed by atoms with Gasteiger partial charge in [0.15, 0.2) is 0 Å². The molecule has 1 atom stereocenters. The van der Waals surface area contributed by atoms with E-state index < -0.39 is 0 Å². The fourth-order valence-electron chi connectivity index (χ4n) is 3.34. The van der Waals surface area contributed by atoms with E-state index in [1.165, 1.54) is 24.9 Å². The zero-order chi connectivity index (χ0) is 13.9. The van der Waals surface area contributed by atoms with E-state index in [-0.39, 0.29) is 0 Å². The van der Waals surface area contributed by atoms with E-state index in [4.69, 9.17) is 4.74 Å². The first kappa shape index (κ1) is 13.8. The number of rotatable bonds is 3. The van der Waals surface area contributed by atoms with Crippen LogP contribution in [0.4, 0.5) is 5.82 Å². The Balaban J connectivity index is 1.72. The van der Waals surface area contributed by atoms with Gasteiger partial charge in [-0.1, -0.05) is 6.07 Å². The van der Waals surface area contributed by atoms with Crippen molar-refractivity contribution in [3.8, 4) is 0 Å². The molecule has 4 nitrogen and oxygen atoms in total. The summed E-state index contributed by atoms with van der Waals surface area (Å²) < 4.78 is 5.39. The van der Waals surface area contributed by atoms with Crippen molar-refractivity contribution in [3.05, 3.63) is 23.9 Å². The number of likely N-dealkylation sites (tertiary alicyclic amines) is 1. The first-order chi connectivity index (χ1) is 9.75. The van der Waals surface area contributed by atoms with E-state index in [0.717, 1.165) is 32.1 Å². The molecule has 0 aliphatic carbocycles. The molecule has 0 spiro atoms. The average molecular weight is 275 g/mol. The summed E-state index contributed by atoms with van der Waals surface area (Å²) in [5.41, 5.74) is 1.37. The Bertz CT molecular complexity index is 426. The van der Waals surface area contributed by atoms with E-state index in [2.05, 4.69) is 47.0 Å². The van der Waals surface area contributed by atoms with Gasteiger partial charge in [-0.05, 0) is 44.9 Å². The Morgan fingerprint density at radius 1 is 1.20 bits per heavy atom. The molecule has 20 heavy (non-hydrogen) atoms. The van der Waals surface area contributed by atoms with Crippen molar-refractivity contribution in [2.45, 2.75) is 38.8 Å². The van der Waals surface area contributed by atoms with Crippen molar-refractivity contribution in [2.24, 2.45) is 0 Å². The predicted octanol–water partition coefficient (Wildman–Crippen LogP) is 2.46. The minimum atomic E-state index is 0.557. The molecular formula is C16H25N3O. The number of aromatic nitrogens is 1. The van der Waals surface area contributed by atoms with Crippen LogP contribution in [0.2, 0.25) is 0 Å². The highest BCUT2D eigenvalue weighted by atomic mass is 16.5. The number of anilines is 1. The smallest absolute Gasteiger partial charge is 0.128 e. The van der Waals surface area contributed by atoms with Crippen molar-refractivity contribution in [3.63, 3.8) is 0 Å². The average Bonchev–Trinajstić information content (AvgIpc) is 2.98. The van der Waals surface area contributed by atoms with Crippen molar-refractivity contribution >= 4 is 5.82 Å². The lowest BCUT2D eigenvalue weighted by Crippen LogP contribution is -2.36. The minimum Gasteiger partial charge on any atom is -0.378 e. The third kappa shape index (κ3) is 2.81. The molecule has 1 aromatic heterocycles. The van der Waals surface area contributed by atoms with Gasteiger partial charge in [-0.25, -0.2) is 4.98 Å². The van der Waals surface area contributed by atoms with Crippen LogP contribution in [-0.4, -0.2) is 48.8 Å². The Kier molecular flexibility index (Phi) is 4.22. The Labute approximate surface area is 121 Å². The van der Waals surface area contributed by atoms with Gasteiger partial charge in [-0.3, -0.25) is 4.90 Å². The fourth-order valence-corrected chi connectivity index (χ4v) is 3.34. The van der Waals surface area contributed by atoms with Gasteiger partial charge >= 0.3 is 0 Å². The van der Waals surface area contributed by atoms with Gasteiger partial charge in [0.1, 0.15) is 5.82 Å². The quantitative estimate of drug-likeness (QED) is 0.847. The Morgan fingerprint density at radius 2 is 2.00 bits per heavy atom. The van der Waals surface area contributed by atoms with Crippen LogP contribution >= 0.6 is 0 Å². The van der Waals surface area contributed by atoms with Crippen molar-refractivity contribution in [2.75, 3.05) is 37.7 Å². The van der Waals surface area contributed by atoms with Gasteiger partial charge in [-0.2, -0.15) is 0 Å². The summed E-state index contributed by atoms with van der Waals surface area (Å²) in [5.74, 6) is 1.09. The molecule has 110 valence electrons. The van der Waals surface area contributed by atoms with Crippen LogP contribution < -0.4 is 4.90 Å². The maximum atomic E-state index is 5.39. The first-order valence-electron chi connectivity index (χ1n) is 7.80. The summed E-state index contributed by atoms with van der Waals surface area (Å²) >= 11 is 0. The molecule has 3 heterocycles. The topological polar surface area (TPSA) is 28.6 Å². The maximum absolute atomic E-state index is 5.39. The molecule has 2 aliphatic heterocycles. The molecular weight excluding hydrogens is 250 g/mol. The van der Waals surface area contributed by atoms with Gasteiger partial charge in [0.2, 0.25) is 0 Å². The maximum Gasteiger partial charge on any atom is 0.128 e. The summed E-state index contributed by atoms with van der Waals surface area (Å²) in [6.07, 6.45) is 4.64. The lowest BCUT2D eigenvalue weighted by atomic mass is 10.1. The third-order valence-electron chi connectivity index (χ3n) is 4.45. The molecule has 0 N–H and O–H groups in total. The number of ether oxygens (including phenoxy) is 1. The van der Waals surface area contributed by atoms with Gasteiger partial charge < -0.3 is 9.64 Å². The first-order valence-corrected chi connectivity index (χ1v) is 7.80. The van der Waals surface area contributed by atoms with Crippen LogP contribution in [0.1, 0.15) is 38.3 Å².